The van der Waals surface area contributed by atoms with Crippen LogP contribution < -0.4 is 16.0 Å². The Balaban J connectivity index is 2.39. The molecule has 0 bridgehead atoms. The van der Waals surface area contributed by atoms with Crippen LogP contribution in [0.25, 0.3) is 0 Å². The molecule has 1 aliphatic heterocycles. The lowest BCUT2D eigenvalue weighted by atomic mass is 9.83. The highest BCUT2D eigenvalue weighted by atomic mass is 35.5. The number of halogens is 2. The summed E-state index contributed by atoms with van der Waals surface area (Å²) in [7, 11) is 1.23. The maximum atomic E-state index is 13.2. The van der Waals surface area contributed by atoms with Gasteiger partial charge in [-0.15, -0.1) is 0 Å². The molecule has 0 radical (unpaired) electrons. The zero-order chi connectivity index (χ0) is 19.9. The topological polar surface area (TPSA) is 83.5 Å². The molecule has 0 aliphatic carbocycles. The molecule has 1 atom stereocenters. The smallest absolute Gasteiger partial charge is 0.340 e. The highest BCUT2D eigenvalue weighted by Gasteiger charge is 2.39. The minimum absolute atomic E-state index is 0.0258. The van der Waals surface area contributed by atoms with Gasteiger partial charge in [0, 0.05) is 28.4 Å². The standard InChI is InChI=1S/C19H18Cl2N2O4/c1-4-23-9(2)7-13-15(18(23)24)14(11-6-5-10(20)8-12(11)21)16(17(22)27-13)19(25)26-3/h5-8,14H,4,22H2,1-3H3/t14-/m1/s1. The average molecular weight is 409 g/mol. The first-order valence-electron chi connectivity index (χ1n) is 8.25. The number of fused-ring (bicyclic) bond motifs is 1. The lowest BCUT2D eigenvalue weighted by Crippen LogP contribution is -2.35. The summed E-state index contributed by atoms with van der Waals surface area (Å²) in [5.41, 5.74) is 7.28. The molecule has 2 heterocycles. The van der Waals surface area contributed by atoms with E-state index in [9.17, 15) is 9.59 Å². The lowest BCUT2D eigenvalue weighted by molar-refractivity contribution is -0.136. The molecule has 0 fully saturated rings. The van der Waals surface area contributed by atoms with Gasteiger partial charge in [-0.3, -0.25) is 4.79 Å². The van der Waals surface area contributed by atoms with Crippen molar-refractivity contribution in [2.24, 2.45) is 5.73 Å². The maximum Gasteiger partial charge on any atom is 0.340 e. The molecule has 6 nitrogen and oxygen atoms in total. The Morgan fingerprint density at radius 1 is 1.33 bits per heavy atom. The third kappa shape index (κ3) is 3.19. The Hall–Kier alpha value is -2.44. The number of aryl methyl sites for hydroxylation is 1. The van der Waals surface area contributed by atoms with Crippen LogP contribution in [-0.2, 0) is 16.1 Å². The zero-order valence-corrected chi connectivity index (χ0v) is 16.5. The summed E-state index contributed by atoms with van der Waals surface area (Å²) in [5.74, 6) is -1.36. The summed E-state index contributed by atoms with van der Waals surface area (Å²) >= 11 is 12.4. The van der Waals surface area contributed by atoms with Crippen molar-refractivity contribution in [2.45, 2.75) is 26.3 Å². The van der Waals surface area contributed by atoms with Crippen LogP contribution >= 0.6 is 23.2 Å². The molecule has 3 rings (SSSR count). The lowest BCUT2D eigenvalue weighted by Gasteiger charge is -2.29. The second-order valence-corrected chi connectivity index (χ2v) is 6.93. The van der Waals surface area contributed by atoms with E-state index in [4.69, 9.17) is 38.4 Å². The predicted molar refractivity (Wildman–Crippen MR) is 103 cm³/mol. The number of carbonyl (C=O) groups is 1. The molecule has 1 aromatic carbocycles. The quantitative estimate of drug-likeness (QED) is 0.787. The molecule has 2 aromatic rings. The Labute approximate surface area is 166 Å². The number of benzene rings is 1. The molecule has 0 amide bonds. The Bertz CT molecular complexity index is 1030. The molecule has 0 spiro atoms. The number of aromatic nitrogens is 1. The highest BCUT2D eigenvalue weighted by Crippen LogP contribution is 2.43. The molecule has 0 unspecified atom stereocenters. The summed E-state index contributed by atoms with van der Waals surface area (Å²) in [4.78, 5) is 25.7. The Kier molecular flexibility index (Phi) is 5.22. The molecule has 1 aromatic heterocycles. The van der Waals surface area contributed by atoms with Crippen molar-refractivity contribution in [2.75, 3.05) is 7.11 Å². The van der Waals surface area contributed by atoms with E-state index in [1.165, 1.54) is 7.11 Å². The molecule has 0 saturated carbocycles. The summed E-state index contributed by atoms with van der Waals surface area (Å²) in [5, 5.41) is 0.736. The van der Waals surface area contributed by atoms with Crippen LogP contribution in [0.4, 0.5) is 0 Å². The van der Waals surface area contributed by atoms with Gasteiger partial charge in [0.1, 0.15) is 11.3 Å². The number of hydrogen-bond donors (Lipinski definition) is 1. The maximum absolute atomic E-state index is 13.2. The van der Waals surface area contributed by atoms with Crippen molar-refractivity contribution >= 4 is 29.2 Å². The van der Waals surface area contributed by atoms with E-state index in [1.807, 2.05) is 6.92 Å². The van der Waals surface area contributed by atoms with Gasteiger partial charge in [0.2, 0.25) is 5.88 Å². The van der Waals surface area contributed by atoms with Crippen molar-refractivity contribution in [3.8, 4) is 5.75 Å². The van der Waals surface area contributed by atoms with Gasteiger partial charge in [-0.1, -0.05) is 29.3 Å². The van der Waals surface area contributed by atoms with Crippen LogP contribution in [-0.4, -0.2) is 17.6 Å². The van der Waals surface area contributed by atoms with Gasteiger partial charge in [-0.2, -0.15) is 0 Å². The minimum Gasteiger partial charge on any atom is -0.465 e. The third-order valence-corrected chi connectivity index (χ3v) is 5.13. The van der Waals surface area contributed by atoms with Crippen molar-refractivity contribution in [1.82, 2.24) is 4.57 Å². The van der Waals surface area contributed by atoms with Crippen LogP contribution in [0.15, 0.2) is 40.5 Å². The number of pyridine rings is 1. The zero-order valence-electron chi connectivity index (χ0n) is 15.0. The number of ether oxygens (including phenoxy) is 2. The average Bonchev–Trinajstić information content (AvgIpc) is 2.60. The van der Waals surface area contributed by atoms with Gasteiger partial charge in [-0.05, 0) is 31.5 Å². The van der Waals surface area contributed by atoms with Gasteiger partial charge in [0.05, 0.1) is 18.6 Å². The van der Waals surface area contributed by atoms with Gasteiger partial charge in [0.25, 0.3) is 5.56 Å². The number of carbonyl (C=O) groups excluding carboxylic acids is 1. The largest absolute Gasteiger partial charge is 0.465 e. The summed E-state index contributed by atoms with van der Waals surface area (Å²) in [6.07, 6.45) is 0. The number of nitrogens with two attached hydrogens (primary N) is 1. The van der Waals surface area contributed by atoms with E-state index in [-0.39, 0.29) is 22.6 Å². The second kappa shape index (κ2) is 7.29. The Morgan fingerprint density at radius 3 is 2.63 bits per heavy atom. The second-order valence-electron chi connectivity index (χ2n) is 6.08. The van der Waals surface area contributed by atoms with Crippen LogP contribution in [0.3, 0.4) is 0 Å². The monoisotopic (exact) mass is 408 g/mol. The van der Waals surface area contributed by atoms with E-state index in [0.717, 1.165) is 5.69 Å². The molecule has 0 saturated heterocycles. The molecular formula is C19H18Cl2N2O4. The van der Waals surface area contributed by atoms with Gasteiger partial charge >= 0.3 is 5.97 Å². The SMILES string of the molecule is CCn1c(C)cc2c(c1=O)[C@@H](c1ccc(Cl)cc1Cl)C(C(=O)OC)=C(N)O2. The number of hydrogen-bond acceptors (Lipinski definition) is 5. The molecule has 142 valence electrons. The predicted octanol–water partition coefficient (Wildman–Crippen LogP) is 3.35. The van der Waals surface area contributed by atoms with E-state index < -0.39 is 11.9 Å². The van der Waals surface area contributed by atoms with Crippen molar-refractivity contribution in [1.29, 1.82) is 0 Å². The number of esters is 1. The molecule has 27 heavy (non-hydrogen) atoms. The summed E-state index contributed by atoms with van der Waals surface area (Å²) in [6.45, 7) is 4.13. The normalized spacial score (nSPS) is 16.0. The number of methoxy groups -OCH3 is 1. The van der Waals surface area contributed by atoms with E-state index in [1.54, 1.807) is 35.8 Å². The molecule has 8 heteroatoms. The van der Waals surface area contributed by atoms with Crippen molar-refractivity contribution in [3.05, 3.63) is 72.9 Å². The minimum atomic E-state index is -0.836. The van der Waals surface area contributed by atoms with Crippen LogP contribution in [0.2, 0.25) is 10.0 Å². The fourth-order valence-corrected chi connectivity index (χ4v) is 3.85. The molecular weight excluding hydrogens is 391 g/mol. The van der Waals surface area contributed by atoms with Crippen molar-refractivity contribution in [3.63, 3.8) is 0 Å². The number of rotatable bonds is 3. The Morgan fingerprint density at radius 2 is 2.04 bits per heavy atom. The fraction of sp³-hybridized carbons (Fsp3) is 0.263. The van der Waals surface area contributed by atoms with Gasteiger partial charge < -0.3 is 19.8 Å². The van der Waals surface area contributed by atoms with Gasteiger partial charge in [0.15, 0.2) is 0 Å². The van der Waals surface area contributed by atoms with E-state index in [0.29, 0.717) is 27.9 Å². The highest BCUT2D eigenvalue weighted by molar-refractivity contribution is 6.35. The first kappa shape index (κ1) is 19.3. The van der Waals surface area contributed by atoms with Crippen LogP contribution in [0.1, 0.15) is 29.7 Å². The van der Waals surface area contributed by atoms with Crippen molar-refractivity contribution < 1.29 is 14.3 Å². The van der Waals surface area contributed by atoms with E-state index >= 15 is 0 Å². The first-order chi connectivity index (χ1) is 12.8. The first-order valence-corrected chi connectivity index (χ1v) is 9.00. The third-order valence-electron chi connectivity index (χ3n) is 4.56. The fourth-order valence-electron chi connectivity index (χ4n) is 3.33. The summed E-state index contributed by atoms with van der Waals surface area (Å²) < 4.78 is 12.1. The molecule has 1 aliphatic rings. The summed E-state index contributed by atoms with van der Waals surface area (Å²) in [6, 6.07) is 6.56. The van der Waals surface area contributed by atoms with Gasteiger partial charge in [-0.25, -0.2) is 4.79 Å². The number of nitrogens with zero attached hydrogens (tertiary/aromatic N) is 1. The molecule has 2 N–H and O–H groups in total. The van der Waals surface area contributed by atoms with Crippen LogP contribution in [0, 0.1) is 6.92 Å². The van der Waals surface area contributed by atoms with E-state index in [2.05, 4.69) is 0 Å². The van der Waals surface area contributed by atoms with Crippen LogP contribution in [0.5, 0.6) is 5.75 Å².